The molecule has 1 unspecified atom stereocenters. The molecule has 0 saturated heterocycles. The minimum Gasteiger partial charge on any atom is -0.460 e. The van der Waals surface area contributed by atoms with Gasteiger partial charge in [0.25, 0.3) is 0 Å². The third-order valence-corrected chi connectivity index (χ3v) is 1.70. The van der Waals surface area contributed by atoms with E-state index in [0.29, 0.717) is 6.61 Å². The fraction of sp³-hybridized carbons (Fsp3) is 0.800. The minimum absolute atomic E-state index is 0.0976. The number of hydrogen-bond donors (Lipinski definition) is 0. The van der Waals surface area contributed by atoms with Crippen LogP contribution in [0.4, 0.5) is 0 Å². The zero-order valence-electron chi connectivity index (χ0n) is 9.20. The Morgan fingerprint density at radius 1 is 1.21 bits per heavy atom. The van der Waals surface area contributed by atoms with E-state index in [0.717, 1.165) is 0 Å². The van der Waals surface area contributed by atoms with Crippen molar-refractivity contribution in [3.05, 3.63) is 0 Å². The molecule has 0 aromatic carbocycles. The lowest BCUT2D eigenvalue weighted by Crippen LogP contribution is -2.22. The van der Waals surface area contributed by atoms with Gasteiger partial charge in [0.1, 0.15) is 18.3 Å². The van der Waals surface area contributed by atoms with Crippen molar-refractivity contribution in [3.63, 3.8) is 0 Å². The van der Waals surface area contributed by atoms with Gasteiger partial charge in [-0.3, -0.25) is 9.59 Å². The van der Waals surface area contributed by atoms with E-state index in [-0.39, 0.29) is 24.2 Å². The summed E-state index contributed by atoms with van der Waals surface area (Å²) in [6.45, 7) is 5.59. The Morgan fingerprint density at radius 2 is 1.79 bits per heavy atom. The van der Waals surface area contributed by atoms with Crippen molar-refractivity contribution < 1.29 is 19.1 Å². The van der Waals surface area contributed by atoms with Crippen LogP contribution in [0.2, 0.25) is 0 Å². The summed E-state index contributed by atoms with van der Waals surface area (Å²) in [5, 5.41) is 0. The molecule has 14 heavy (non-hydrogen) atoms. The Hall–Kier alpha value is -0.900. The van der Waals surface area contributed by atoms with Crippen molar-refractivity contribution in [2.24, 2.45) is 5.92 Å². The summed E-state index contributed by atoms with van der Waals surface area (Å²) < 4.78 is 9.72. The van der Waals surface area contributed by atoms with Crippen LogP contribution in [0.3, 0.4) is 0 Å². The summed E-state index contributed by atoms with van der Waals surface area (Å²) in [4.78, 5) is 22.3. The van der Waals surface area contributed by atoms with E-state index in [1.165, 1.54) is 7.11 Å². The molecule has 0 N–H and O–H groups in total. The van der Waals surface area contributed by atoms with Gasteiger partial charge in [0, 0.05) is 13.0 Å². The van der Waals surface area contributed by atoms with Crippen LogP contribution in [0.1, 0.15) is 27.2 Å². The molecule has 4 heteroatoms. The minimum atomic E-state index is -0.478. The maximum atomic E-state index is 11.2. The van der Waals surface area contributed by atoms with E-state index < -0.39 is 5.97 Å². The van der Waals surface area contributed by atoms with Gasteiger partial charge in [-0.2, -0.15) is 0 Å². The number of methoxy groups -OCH3 is 1. The Bertz CT molecular complexity index is 198. The SMILES string of the molecule is COCC(C)OC(=O)CC(=O)C(C)C. The lowest BCUT2D eigenvalue weighted by Gasteiger charge is -2.12. The van der Waals surface area contributed by atoms with Crippen molar-refractivity contribution >= 4 is 11.8 Å². The lowest BCUT2D eigenvalue weighted by molar-refractivity contribution is -0.152. The van der Waals surface area contributed by atoms with Gasteiger partial charge >= 0.3 is 5.97 Å². The van der Waals surface area contributed by atoms with Gasteiger partial charge in [0.05, 0.1) is 6.61 Å². The number of Topliss-reactive ketones (excluding diaryl/α,β-unsaturated/α-hetero) is 1. The summed E-state index contributed by atoms with van der Waals surface area (Å²) in [6.07, 6.45) is -0.446. The first-order valence-electron chi connectivity index (χ1n) is 4.68. The molecule has 0 saturated carbocycles. The van der Waals surface area contributed by atoms with Crippen LogP contribution in [0, 0.1) is 5.92 Å². The standard InChI is InChI=1S/C10H18O4/c1-7(2)9(11)5-10(12)14-8(3)6-13-4/h7-8H,5-6H2,1-4H3. The molecule has 0 rings (SSSR count). The molecule has 0 aliphatic rings. The second kappa shape index (κ2) is 6.54. The van der Waals surface area contributed by atoms with E-state index in [2.05, 4.69) is 0 Å². The summed E-state index contributed by atoms with van der Waals surface area (Å²) in [7, 11) is 1.53. The first-order valence-corrected chi connectivity index (χ1v) is 4.68. The van der Waals surface area contributed by atoms with E-state index >= 15 is 0 Å². The lowest BCUT2D eigenvalue weighted by atomic mass is 10.1. The molecule has 0 aromatic heterocycles. The van der Waals surface area contributed by atoms with Crippen molar-refractivity contribution in [2.45, 2.75) is 33.3 Å². The Balaban J connectivity index is 3.81. The molecule has 0 amide bonds. The quantitative estimate of drug-likeness (QED) is 0.479. The fourth-order valence-corrected chi connectivity index (χ4v) is 0.881. The van der Waals surface area contributed by atoms with Gasteiger partial charge in [-0.1, -0.05) is 13.8 Å². The average molecular weight is 202 g/mol. The molecule has 0 aliphatic carbocycles. The molecule has 0 aromatic rings. The number of carbonyl (C=O) groups excluding carboxylic acids is 2. The van der Waals surface area contributed by atoms with Crippen LogP contribution < -0.4 is 0 Å². The van der Waals surface area contributed by atoms with E-state index in [1.807, 2.05) is 0 Å². The first kappa shape index (κ1) is 13.1. The second-order valence-corrected chi connectivity index (χ2v) is 3.55. The predicted octanol–water partition coefficient (Wildman–Crippen LogP) is 1.18. The molecular formula is C10H18O4. The van der Waals surface area contributed by atoms with Crippen molar-refractivity contribution in [3.8, 4) is 0 Å². The van der Waals surface area contributed by atoms with Crippen LogP contribution in [0.15, 0.2) is 0 Å². The third kappa shape index (κ3) is 5.70. The maximum Gasteiger partial charge on any atom is 0.313 e. The number of rotatable bonds is 6. The van der Waals surface area contributed by atoms with Crippen LogP contribution in [-0.4, -0.2) is 31.6 Å². The monoisotopic (exact) mass is 202 g/mol. The van der Waals surface area contributed by atoms with Gasteiger partial charge in [-0.15, -0.1) is 0 Å². The summed E-state index contributed by atoms with van der Waals surface area (Å²) in [5.74, 6) is -0.701. The van der Waals surface area contributed by atoms with E-state index in [9.17, 15) is 9.59 Å². The van der Waals surface area contributed by atoms with Gasteiger partial charge in [-0.25, -0.2) is 0 Å². The molecule has 0 heterocycles. The smallest absolute Gasteiger partial charge is 0.313 e. The Labute approximate surface area is 84.6 Å². The van der Waals surface area contributed by atoms with E-state index in [4.69, 9.17) is 9.47 Å². The first-order chi connectivity index (χ1) is 6.47. The zero-order chi connectivity index (χ0) is 11.1. The Kier molecular flexibility index (Phi) is 6.12. The molecule has 0 spiro atoms. The molecule has 0 aliphatic heterocycles. The number of ether oxygens (including phenoxy) is 2. The molecule has 0 radical (unpaired) electrons. The van der Waals surface area contributed by atoms with Crippen LogP contribution >= 0.6 is 0 Å². The highest BCUT2D eigenvalue weighted by atomic mass is 16.6. The highest BCUT2D eigenvalue weighted by molar-refractivity contribution is 5.96. The van der Waals surface area contributed by atoms with Crippen LogP contribution in [0.25, 0.3) is 0 Å². The van der Waals surface area contributed by atoms with Gasteiger partial charge in [-0.05, 0) is 6.92 Å². The Morgan fingerprint density at radius 3 is 2.21 bits per heavy atom. The van der Waals surface area contributed by atoms with Crippen molar-refractivity contribution in [1.82, 2.24) is 0 Å². The number of esters is 1. The van der Waals surface area contributed by atoms with Gasteiger partial charge < -0.3 is 9.47 Å². The van der Waals surface area contributed by atoms with E-state index in [1.54, 1.807) is 20.8 Å². The van der Waals surface area contributed by atoms with Crippen LogP contribution in [0.5, 0.6) is 0 Å². The fourth-order valence-electron chi connectivity index (χ4n) is 0.881. The topological polar surface area (TPSA) is 52.6 Å². The third-order valence-electron chi connectivity index (χ3n) is 1.70. The van der Waals surface area contributed by atoms with Gasteiger partial charge in [0.15, 0.2) is 0 Å². The molecule has 0 fully saturated rings. The van der Waals surface area contributed by atoms with Gasteiger partial charge in [0.2, 0.25) is 0 Å². The number of ketones is 1. The second-order valence-electron chi connectivity index (χ2n) is 3.55. The highest BCUT2D eigenvalue weighted by Crippen LogP contribution is 2.02. The molecule has 82 valence electrons. The molecular weight excluding hydrogens is 184 g/mol. The number of hydrogen-bond acceptors (Lipinski definition) is 4. The molecule has 4 nitrogen and oxygen atoms in total. The largest absolute Gasteiger partial charge is 0.460 e. The van der Waals surface area contributed by atoms with Crippen molar-refractivity contribution in [2.75, 3.05) is 13.7 Å². The molecule has 0 bridgehead atoms. The number of carbonyl (C=O) groups is 2. The maximum absolute atomic E-state index is 11.2. The summed E-state index contributed by atoms with van der Waals surface area (Å²) in [6, 6.07) is 0. The molecule has 1 atom stereocenters. The highest BCUT2D eigenvalue weighted by Gasteiger charge is 2.16. The summed E-state index contributed by atoms with van der Waals surface area (Å²) in [5.41, 5.74) is 0. The van der Waals surface area contributed by atoms with Crippen molar-refractivity contribution in [1.29, 1.82) is 0 Å². The predicted molar refractivity (Wildman–Crippen MR) is 51.9 cm³/mol. The average Bonchev–Trinajstić information content (AvgIpc) is 2.03. The normalized spacial score (nSPS) is 12.6. The zero-order valence-corrected chi connectivity index (χ0v) is 9.20. The summed E-state index contributed by atoms with van der Waals surface area (Å²) >= 11 is 0. The van der Waals surface area contributed by atoms with Crippen LogP contribution in [-0.2, 0) is 19.1 Å².